The van der Waals surface area contributed by atoms with Crippen LogP contribution in [0.4, 0.5) is 10.1 Å². The van der Waals surface area contributed by atoms with E-state index in [-0.39, 0.29) is 23.2 Å². The number of rotatable bonds is 3. The Morgan fingerprint density at radius 1 is 1.00 bits per heavy atom. The number of carbonyl (C=O) groups is 2. The van der Waals surface area contributed by atoms with Gasteiger partial charge in [-0.1, -0.05) is 6.07 Å². The summed E-state index contributed by atoms with van der Waals surface area (Å²) in [6.07, 6.45) is 0. The van der Waals surface area contributed by atoms with Crippen molar-refractivity contribution >= 4 is 38.9 Å². The average molecular weight is 370 g/mol. The van der Waals surface area contributed by atoms with Crippen molar-refractivity contribution in [2.75, 3.05) is 5.32 Å². The van der Waals surface area contributed by atoms with E-state index in [2.05, 4.69) is 10.6 Å². The number of anilines is 1. The van der Waals surface area contributed by atoms with E-state index in [0.29, 0.717) is 21.5 Å². The van der Waals surface area contributed by atoms with Crippen molar-refractivity contribution in [2.45, 2.75) is 26.3 Å². The molecule has 0 bridgehead atoms. The Kier molecular flexibility index (Phi) is 4.78. The summed E-state index contributed by atoms with van der Waals surface area (Å²) in [6, 6.07) is 13.0. The molecule has 2 amide bonds. The van der Waals surface area contributed by atoms with E-state index < -0.39 is 0 Å². The molecule has 0 aliphatic heterocycles. The number of nitrogens with one attached hydrogen (secondary N) is 2. The highest BCUT2D eigenvalue weighted by Gasteiger charge is 2.16. The predicted molar refractivity (Wildman–Crippen MR) is 103 cm³/mol. The molecule has 2 aromatic carbocycles. The van der Waals surface area contributed by atoms with Crippen LogP contribution in [0.1, 0.15) is 40.8 Å². The van der Waals surface area contributed by atoms with E-state index in [4.69, 9.17) is 0 Å². The van der Waals surface area contributed by atoms with Crippen LogP contribution >= 0.6 is 11.3 Å². The van der Waals surface area contributed by atoms with E-state index >= 15 is 0 Å². The smallest absolute Gasteiger partial charge is 0.265 e. The molecule has 0 unspecified atom stereocenters. The van der Waals surface area contributed by atoms with E-state index in [1.54, 1.807) is 42.5 Å². The fourth-order valence-electron chi connectivity index (χ4n) is 2.45. The van der Waals surface area contributed by atoms with E-state index in [0.717, 1.165) is 4.70 Å². The molecule has 2 N–H and O–H groups in total. The molecule has 0 radical (unpaired) electrons. The lowest BCUT2D eigenvalue weighted by molar-refractivity contribution is 0.0919. The Balaban J connectivity index is 1.73. The molecule has 3 rings (SSSR count). The highest BCUT2D eigenvalue weighted by Crippen LogP contribution is 2.28. The summed E-state index contributed by atoms with van der Waals surface area (Å²) in [4.78, 5) is 24.9. The zero-order chi connectivity index (χ0) is 18.9. The Bertz CT molecular complexity index is 972. The van der Waals surface area contributed by atoms with Crippen LogP contribution in [-0.4, -0.2) is 17.4 Å². The number of carbonyl (C=O) groups excluding carboxylic acids is 2. The fourth-order valence-corrected chi connectivity index (χ4v) is 3.42. The van der Waals surface area contributed by atoms with E-state index in [9.17, 15) is 14.0 Å². The minimum atomic E-state index is -0.341. The lowest BCUT2D eigenvalue weighted by Crippen LogP contribution is -2.40. The van der Waals surface area contributed by atoms with Crippen LogP contribution in [0.2, 0.25) is 0 Å². The third-order valence-corrected chi connectivity index (χ3v) is 4.72. The molecule has 0 fully saturated rings. The summed E-state index contributed by atoms with van der Waals surface area (Å²) in [5.41, 5.74) is 0.766. The molecule has 0 aliphatic rings. The highest BCUT2D eigenvalue weighted by molar-refractivity contribution is 7.20. The van der Waals surface area contributed by atoms with Crippen molar-refractivity contribution in [3.8, 4) is 0 Å². The van der Waals surface area contributed by atoms with Crippen LogP contribution < -0.4 is 10.6 Å². The van der Waals surface area contributed by atoms with Crippen molar-refractivity contribution in [1.29, 1.82) is 0 Å². The summed E-state index contributed by atoms with van der Waals surface area (Å²) < 4.78 is 14.5. The highest BCUT2D eigenvalue weighted by atomic mass is 32.1. The second-order valence-electron chi connectivity index (χ2n) is 7.00. The molecule has 1 aromatic heterocycles. The van der Waals surface area contributed by atoms with Gasteiger partial charge in [0.2, 0.25) is 0 Å². The number of benzene rings is 2. The van der Waals surface area contributed by atoms with Crippen LogP contribution in [0.15, 0.2) is 48.5 Å². The number of halogens is 1. The van der Waals surface area contributed by atoms with Crippen LogP contribution in [-0.2, 0) is 0 Å². The minimum absolute atomic E-state index is 0.171. The fraction of sp³-hybridized carbons (Fsp3) is 0.200. The number of fused-ring (bicyclic) bond motifs is 1. The van der Waals surface area contributed by atoms with Gasteiger partial charge in [0.05, 0.1) is 4.88 Å². The number of amides is 2. The normalized spacial score (nSPS) is 11.4. The molecule has 6 heteroatoms. The SMILES string of the molecule is CC(C)(C)NC(=O)c1ccc(NC(=O)c2cc3c(F)cccc3s2)cc1. The molecule has 3 aromatic rings. The van der Waals surface area contributed by atoms with Gasteiger partial charge in [0, 0.05) is 26.9 Å². The monoisotopic (exact) mass is 370 g/mol. The van der Waals surface area contributed by atoms with Gasteiger partial charge in [-0.15, -0.1) is 11.3 Å². The van der Waals surface area contributed by atoms with E-state index in [1.807, 2.05) is 20.8 Å². The van der Waals surface area contributed by atoms with Gasteiger partial charge < -0.3 is 10.6 Å². The zero-order valence-electron chi connectivity index (χ0n) is 14.7. The van der Waals surface area contributed by atoms with Gasteiger partial charge in [-0.3, -0.25) is 9.59 Å². The molecular formula is C20H19FN2O2S. The lowest BCUT2D eigenvalue weighted by Gasteiger charge is -2.20. The van der Waals surface area contributed by atoms with Crippen molar-refractivity contribution in [2.24, 2.45) is 0 Å². The minimum Gasteiger partial charge on any atom is -0.347 e. The van der Waals surface area contributed by atoms with Crippen molar-refractivity contribution in [3.05, 3.63) is 64.8 Å². The summed E-state index contributed by atoms with van der Waals surface area (Å²) in [6.45, 7) is 5.73. The van der Waals surface area contributed by atoms with Gasteiger partial charge >= 0.3 is 0 Å². The second kappa shape index (κ2) is 6.88. The Hall–Kier alpha value is -2.73. The first-order chi connectivity index (χ1) is 12.2. The maximum atomic E-state index is 13.8. The maximum absolute atomic E-state index is 13.8. The summed E-state index contributed by atoms with van der Waals surface area (Å²) >= 11 is 1.24. The Morgan fingerprint density at radius 2 is 1.69 bits per heavy atom. The Morgan fingerprint density at radius 3 is 2.31 bits per heavy atom. The van der Waals surface area contributed by atoms with Crippen LogP contribution in [0, 0.1) is 5.82 Å². The van der Waals surface area contributed by atoms with Gasteiger partial charge in [-0.05, 0) is 63.2 Å². The first-order valence-electron chi connectivity index (χ1n) is 8.15. The van der Waals surface area contributed by atoms with Gasteiger partial charge in [0.25, 0.3) is 11.8 Å². The topological polar surface area (TPSA) is 58.2 Å². The van der Waals surface area contributed by atoms with E-state index in [1.165, 1.54) is 17.4 Å². The molecule has 0 atom stereocenters. The maximum Gasteiger partial charge on any atom is 0.265 e. The van der Waals surface area contributed by atoms with Crippen molar-refractivity contribution in [3.63, 3.8) is 0 Å². The Labute approximate surface area is 155 Å². The predicted octanol–water partition coefficient (Wildman–Crippen LogP) is 4.82. The molecule has 0 spiro atoms. The van der Waals surface area contributed by atoms with Gasteiger partial charge in [0.1, 0.15) is 5.82 Å². The number of hydrogen-bond acceptors (Lipinski definition) is 3. The van der Waals surface area contributed by atoms with Gasteiger partial charge in [0.15, 0.2) is 0 Å². The molecule has 1 heterocycles. The summed E-state index contributed by atoms with van der Waals surface area (Å²) in [5.74, 6) is -0.820. The zero-order valence-corrected chi connectivity index (χ0v) is 15.5. The van der Waals surface area contributed by atoms with Crippen molar-refractivity contribution < 1.29 is 14.0 Å². The van der Waals surface area contributed by atoms with Gasteiger partial charge in [-0.2, -0.15) is 0 Å². The largest absolute Gasteiger partial charge is 0.347 e. The number of thiophene rings is 1. The van der Waals surface area contributed by atoms with Crippen LogP contribution in [0.3, 0.4) is 0 Å². The molecule has 134 valence electrons. The summed E-state index contributed by atoms with van der Waals surface area (Å²) in [5, 5.41) is 6.09. The summed E-state index contributed by atoms with van der Waals surface area (Å²) in [7, 11) is 0. The molecular weight excluding hydrogens is 351 g/mol. The average Bonchev–Trinajstić information content (AvgIpc) is 3.00. The van der Waals surface area contributed by atoms with Crippen LogP contribution in [0.25, 0.3) is 10.1 Å². The second-order valence-corrected chi connectivity index (χ2v) is 8.08. The third kappa shape index (κ3) is 4.08. The molecule has 26 heavy (non-hydrogen) atoms. The third-order valence-electron chi connectivity index (χ3n) is 3.63. The quantitative estimate of drug-likeness (QED) is 0.694. The molecule has 0 aliphatic carbocycles. The molecule has 0 saturated heterocycles. The number of hydrogen-bond donors (Lipinski definition) is 2. The van der Waals surface area contributed by atoms with Crippen molar-refractivity contribution in [1.82, 2.24) is 5.32 Å². The van der Waals surface area contributed by atoms with Crippen LogP contribution in [0.5, 0.6) is 0 Å². The molecule has 4 nitrogen and oxygen atoms in total. The van der Waals surface area contributed by atoms with Gasteiger partial charge in [-0.25, -0.2) is 4.39 Å². The first-order valence-corrected chi connectivity index (χ1v) is 8.96. The lowest BCUT2D eigenvalue weighted by atomic mass is 10.1. The first kappa shape index (κ1) is 18.1. The molecule has 0 saturated carbocycles. The standard InChI is InChI=1S/C20H19FN2O2S/c1-20(2,3)23-18(24)12-7-9-13(10-8-12)22-19(25)17-11-14-15(21)5-4-6-16(14)26-17/h4-11H,1-3H3,(H,22,25)(H,23,24).